The zero-order valence-electron chi connectivity index (χ0n) is 13.0. The Morgan fingerprint density at radius 1 is 1.27 bits per heavy atom. The zero-order valence-corrected chi connectivity index (χ0v) is 13.9. The predicted molar refractivity (Wildman–Crippen MR) is 83.0 cm³/mol. The van der Waals surface area contributed by atoms with E-state index in [9.17, 15) is 9.59 Å². The van der Waals surface area contributed by atoms with Crippen LogP contribution in [0.2, 0.25) is 0 Å². The number of thiophene rings is 1. The maximum Gasteiger partial charge on any atom is 0.238 e. The maximum atomic E-state index is 12.0. The molecule has 0 bridgehead atoms. The number of aromatic nitrogens is 2. The fraction of sp³-hybridized carbons (Fsp3) is 0.467. The second kappa shape index (κ2) is 6.83. The summed E-state index contributed by atoms with van der Waals surface area (Å²) < 4.78 is 5.51. The number of ketones is 1. The average Bonchev–Trinajstić information content (AvgIpc) is 3.06. The van der Waals surface area contributed by atoms with Gasteiger partial charge in [0.05, 0.1) is 11.3 Å². The first-order valence-corrected chi connectivity index (χ1v) is 7.95. The zero-order chi connectivity index (χ0) is 16.3. The standard InChI is InChI=1S/C15H19N3O3S/c1-8(2)14-17-18-15(21-14)9(3)16-13(20)6-11-5-12(10(4)19)22-7-11/h5,7-9H,6H2,1-4H3,(H,16,20). The summed E-state index contributed by atoms with van der Waals surface area (Å²) in [6, 6.07) is 1.40. The lowest BCUT2D eigenvalue weighted by molar-refractivity contribution is -0.121. The number of amides is 1. The molecular weight excluding hydrogens is 302 g/mol. The van der Waals surface area contributed by atoms with Gasteiger partial charge in [-0.3, -0.25) is 9.59 Å². The summed E-state index contributed by atoms with van der Waals surface area (Å²) in [6.07, 6.45) is 0.222. The SMILES string of the molecule is CC(=O)c1cc(CC(=O)NC(C)c2nnc(C(C)C)o2)cs1. The second-order valence-corrected chi connectivity index (χ2v) is 6.39. The van der Waals surface area contributed by atoms with Crippen molar-refractivity contribution in [3.63, 3.8) is 0 Å². The molecule has 1 unspecified atom stereocenters. The Labute approximate surface area is 132 Å². The van der Waals surface area contributed by atoms with Crippen LogP contribution in [-0.2, 0) is 11.2 Å². The quantitative estimate of drug-likeness (QED) is 0.827. The molecule has 2 heterocycles. The van der Waals surface area contributed by atoms with E-state index in [0.717, 1.165) is 5.56 Å². The third kappa shape index (κ3) is 4.00. The lowest BCUT2D eigenvalue weighted by Crippen LogP contribution is -2.28. The third-order valence-electron chi connectivity index (χ3n) is 3.06. The minimum absolute atomic E-state index is 0.0112. The second-order valence-electron chi connectivity index (χ2n) is 5.47. The van der Waals surface area contributed by atoms with Crippen LogP contribution in [-0.4, -0.2) is 21.9 Å². The van der Waals surface area contributed by atoms with Gasteiger partial charge in [-0.05, 0) is 30.9 Å². The summed E-state index contributed by atoms with van der Waals surface area (Å²) >= 11 is 1.35. The van der Waals surface area contributed by atoms with Gasteiger partial charge in [-0.1, -0.05) is 13.8 Å². The van der Waals surface area contributed by atoms with E-state index in [1.54, 1.807) is 13.0 Å². The Kier molecular flexibility index (Phi) is 5.07. The van der Waals surface area contributed by atoms with Crippen LogP contribution in [0.1, 0.15) is 66.7 Å². The molecule has 0 fully saturated rings. The Morgan fingerprint density at radius 3 is 2.50 bits per heavy atom. The molecule has 1 atom stereocenters. The summed E-state index contributed by atoms with van der Waals surface area (Å²) in [4.78, 5) is 23.9. The van der Waals surface area contributed by atoms with Crippen LogP contribution >= 0.6 is 11.3 Å². The van der Waals surface area contributed by atoms with E-state index >= 15 is 0 Å². The summed E-state index contributed by atoms with van der Waals surface area (Å²) in [5, 5.41) is 12.5. The molecule has 0 aliphatic heterocycles. The number of carbonyl (C=O) groups is 2. The minimum Gasteiger partial charge on any atom is -0.423 e. The van der Waals surface area contributed by atoms with Gasteiger partial charge in [0.25, 0.3) is 0 Å². The van der Waals surface area contributed by atoms with Gasteiger partial charge in [0, 0.05) is 5.92 Å². The normalized spacial score (nSPS) is 12.4. The molecule has 2 aromatic heterocycles. The molecule has 6 nitrogen and oxygen atoms in total. The van der Waals surface area contributed by atoms with E-state index < -0.39 is 0 Å². The number of carbonyl (C=O) groups excluding carboxylic acids is 2. The van der Waals surface area contributed by atoms with Gasteiger partial charge < -0.3 is 9.73 Å². The number of nitrogens with zero attached hydrogens (tertiary/aromatic N) is 2. The highest BCUT2D eigenvalue weighted by atomic mass is 32.1. The molecule has 2 aromatic rings. The van der Waals surface area contributed by atoms with Crippen LogP contribution in [0.4, 0.5) is 0 Å². The molecule has 22 heavy (non-hydrogen) atoms. The highest BCUT2D eigenvalue weighted by Crippen LogP contribution is 2.18. The molecule has 0 spiro atoms. The van der Waals surface area contributed by atoms with E-state index in [-0.39, 0.29) is 30.1 Å². The molecule has 118 valence electrons. The number of hydrogen-bond acceptors (Lipinski definition) is 6. The molecule has 1 N–H and O–H groups in total. The topological polar surface area (TPSA) is 85.1 Å². The van der Waals surface area contributed by atoms with E-state index in [1.165, 1.54) is 18.3 Å². The fourth-order valence-electron chi connectivity index (χ4n) is 1.85. The Morgan fingerprint density at radius 2 is 1.95 bits per heavy atom. The van der Waals surface area contributed by atoms with E-state index in [0.29, 0.717) is 16.7 Å². The fourth-order valence-corrected chi connectivity index (χ4v) is 2.66. The van der Waals surface area contributed by atoms with E-state index in [2.05, 4.69) is 15.5 Å². The first-order chi connectivity index (χ1) is 10.4. The van der Waals surface area contributed by atoms with Crippen molar-refractivity contribution < 1.29 is 14.0 Å². The average molecular weight is 321 g/mol. The van der Waals surface area contributed by atoms with Gasteiger partial charge in [0.2, 0.25) is 17.7 Å². The largest absolute Gasteiger partial charge is 0.423 e. The van der Waals surface area contributed by atoms with Crippen molar-refractivity contribution >= 4 is 23.0 Å². The summed E-state index contributed by atoms with van der Waals surface area (Å²) in [7, 11) is 0. The van der Waals surface area contributed by atoms with Crippen LogP contribution in [0.5, 0.6) is 0 Å². The van der Waals surface area contributed by atoms with Crippen LogP contribution in [0.25, 0.3) is 0 Å². The van der Waals surface area contributed by atoms with Crippen molar-refractivity contribution in [2.75, 3.05) is 0 Å². The molecule has 0 saturated carbocycles. The van der Waals surface area contributed by atoms with Crippen molar-refractivity contribution in [3.05, 3.63) is 33.7 Å². The van der Waals surface area contributed by atoms with Crippen molar-refractivity contribution in [1.29, 1.82) is 0 Å². The third-order valence-corrected chi connectivity index (χ3v) is 4.14. The Hall–Kier alpha value is -2.02. The number of Topliss-reactive ketones (excluding diaryl/α,β-unsaturated/α-hetero) is 1. The Balaban J connectivity index is 1.93. The monoisotopic (exact) mass is 321 g/mol. The van der Waals surface area contributed by atoms with Crippen molar-refractivity contribution in [2.45, 2.75) is 46.1 Å². The first kappa shape index (κ1) is 16.4. The van der Waals surface area contributed by atoms with Gasteiger partial charge >= 0.3 is 0 Å². The van der Waals surface area contributed by atoms with Crippen LogP contribution in [0.15, 0.2) is 15.9 Å². The molecule has 0 aliphatic carbocycles. The molecule has 0 aromatic carbocycles. The van der Waals surface area contributed by atoms with Crippen molar-refractivity contribution in [3.8, 4) is 0 Å². The van der Waals surface area contributed by atoms with Crippen LogP contribution < -0.4 is 5.32 Å². The minimum atomic E-state index is -0.349. The van der Waals surface area contributed by atoms with Gasteiger partial charge in [-0.15, -0.1) is 21.5 Å². The number of hydrogen-bond donors (Lipinski definition) is 1. The van der Waals surface area contributed by atoms with Gasteiger partial charge in [0.15, 0.2) is 5.78 Å². The lowest BCUT2D eigenvalue weighted by atomic mass is 10.2. The summed E-state index contributed by atoms with van der Waals surface area (Å²) in [5.41, 5.74) is 0.827. The molecule has 1 amide bonds. The van der Waals surface area contributed by atoms with Crippen molar-refractivity contribution in [1.82, 2.24) is 15.5 Å². The predicted octanol–water partition coefficient (Wildman–Crippen LogP) is 2.88. The van der Waals surface area contributed by atoms with Gasteiger partial charge in [-0.25, -0.2) is 0 Å². The molecule has 2 rings (SSSR count). The molecule has 0 aliphatic rings. The highest BCUT2D eigenvalue weighted by molar-refractivity contribution is 7.12. The maximum absolute atomic E-state index is 12.0. The van der Waals surface area contributed by atoms with Crippen molar-refractivity contribution in [2.24, 2.45) is 0 Å². The van der Waals surface area contributed by atoms with E-state index in [4.69, 9.17) is 4.42 Å². The van der Waals surface area contributed by atoms with Gasteiger partial charge in [-0.2, -0.15) is 0 Å². The smallest absolute Gasteiger partial charge is 0.238 e. The first-order valence-electron chi connectivity index (χ1n) is 7.07. The molecular formula is C15H19N3O3S. The van der Waals surface area contributed by atoms with E-state index in [1.807, 2.05) is 19.2 Å². The molecule has 0 radical (unpaired) electrons. The Bertz CT molecular complexity index is 675. The highest BCUT2D eigenvalue weighted by Gasteiger charge is 2.18. The summed E-state index contributed by atoms with van der Waals surface area (Å²) in [6.45, 7) is 7.23. The van der Waals surface area contributed by atoms with Crippen LogP contribution in [0.3, 0.4) is 0 Å². The number of rotatable bonds is 6. The number of nitrogens with one attached hydrogen (secondary N) is 1. The van der Waals surface area contributed by atoms with Crippen LogP contribution in [0, 0.1) is 0 Å². The summed E-state index contributed by atoms with van der Waals surface area (Å²) in [5.74, 6) is 0.966. The lowest BCUT2D eigenvalue weighted by Gasteiger charge is -2.09. The van der Waals surface area contributed by atoms with Gasteiger partial charge in [0.1, 0.15) is 6.04 Å². The molecule has 7 heteroatoms. The molecule has 0 saturated heterocycles.